The molecule has 2 N–H and O–H groups in total. The Morgan fingerprint density at radius 2 is 2.11 bits per heavy atom. The molecule has 0 spiro atoms. The van der Waals surface area contributed by atoms with E-state index in [1.807, 2.05) is 0 Å². The van der Waals surface area contributed by atoms with Crippen molar-refractivity contribution >= 4 is 23.3 Å². The average Bonchev–Trinajstić information content (AvgIpc) is 2.28. The molecule has 1 fully saturated rings. The van der Waals surface area contributed by atoms with Crippen LogP contribution < -0.4 is 10.2 Å². The Labute approximate surface area is 112 Å². The van der Waals surface area contributed by atoms with E-state index in [1.54, 1.807) is 12.1 Å². The van der Waals surface area contributed by atoms with Crippen LogP contribution in [0.4, 0.5) is 11.4 Å². The Hall–Kier alpha value is -2.04. The van der Waals surface area contributed by atoms with Gasteiger partial charge in [0.05, 0.1) is 11.3 Å². The van der Waals surface area contributed by atoms with Crippen molar-refractivity contribution in [2.24, 2.45) is 5.92 Å². The van der Waals surface area contributed by atoms with Gasteiger partial charge in [-0.05, 0) is 30.5 Å². The third-order valence-corrected chi connectivity index (χ3v) is 3.42. The highest BCUT2D eigenvalue weighted by molar-refractivity contribution is 5.97. The Balaban J connectivity index is 2.24. The van der Waals surface area contributed by atoms with E-state index in [-0.39, 0.29) is 11.5 Å². The van der Waals surface area contributed by atoms with Crippen molar-refractivity contribution in [1.29, 1.82) is 0 Å². The lowest BCUT2D eigenvalue weighted by Gasteiger charge is -2.41. The first kappa shape index (κ1) is 13.4. The number of nitrogens with zero attached hydrogens (tertiary/aromatic N) is 1. The van der Waals surface area contributed by atoms with E-state index in [1.165, 1.54) is 13.0 Å². The van der Waals surface area contributed by atoms with Crippen molar-refractivity contribution in [3.8, 4) is 0 Å². The van der Waals surface area contributed by atoms with E-state index in [4.69, 9.17) is 0 Å². The summed E-state index contributed by atoms with van der Waals surface area (Å²) in [6.45, 7) is 5.34. The molecule has 1 aliphatic heterocycles. The fourth-order valence-electron chi connectivity index (χ4n) is 2.29. The molecule has 0 aliphatic carbocycles. The molecule has 0 aromatic heterocycles. The summed E-state index contributed by atoms with van der Waals surface area (Å²) in [6.07, 6.45) is 1.11. The summed E-state index contributed by atoms with van der Waals surface area (Å²) in [5.74, 6) is -0.530. The Bertz CT molecular complexity index is 507. The number of benzene rings is 1. The summed E-state index contributed by atoms with van der Waals surface area (Å²) in [6, 6.07) is 5.02. The van der Waals surface area contributed by atoms with Gasteiger partial charge >= 0.3 is 5.97 Å². The molecule has 5 nitrogen and oxygen atoms in total. The van der Waals surface area contributed by atoms with E-state index in [0.29, 0.717) is 11.6 Å². The molecule has 1 aromatic carbocycles. The number of rotatable bonds is 4. The Morgan fingerprint density at radius 1 is 1.42 bits per heavy atom. The van der Waals surface area contributed by atoms with E-state index in [0.717, 1.165) is 25.2 Å². The molecule has 0 bridgehead atoms. The average molecular weight is 262 g/mol. The van der Waals surface area contributed by atoms with Gasteiger partial charge in [0.25, 0.3) is 0 Å². The lowest BCUT2D eigenvalue weighted by Crippen LogP contribution is -2.47. The minimum atomic E-state index is -0.970. The standard InChI is InChI=1S/C14H18N2O3/c1-3-10-7-16(8-10)13-5-4-11(15-9(2)17)6-12(13)14(18)19/h4-6,10H,3,7-8H2,1-2H3,(H,15,17)(H,18,19). The monoisotopic (exact) mass is 262 g/mol. The number of carbonyl (C=O) groups excluding carboxylic acids is 1. The number of aromatic carboxylic acids is 1. The number of carboxylic acid groups (broad SMARTS) is 1. The third-order valence-electron chi connectivity index (χ3n) is 3.42. The second-order valence-corrected chi connectivity index (χ2v) is 4.90. The zero-order valence-corrected chi connectivity index (χ0v) is 11.1. The predicted molar refractivity (Wildman–Crippen MR) is 73.7 cm³/mol. The van der Waals surface area contributed by atoms with E-state index >= 15 is 0 Å². The molecule has 5 heteroatoms. The summed E-state index contributed by atoms with van der Waals surface area (Å²) in [4.78, 5) is 24.4. The fraction of sp³-hybridized carbons (Fsp3) is 0.429. The first-order valence-corrected chi connectivity index (χ1v) is 6.41. The molecule has 1 amide bonds. The van der Waals surface area contributed by atoms with Crippen LogP contribution in [0, 0.1) is 5.92 Å². The minimum absolute atomic E-state index is 0.209. The van der Waals surface area contributed by atoms with Crippen LogP contribution in [0.3, 0.4) is 0 Å². The highest BCUT2D eigenvalue weighted by Gasteiger charge is 2.28. The van der Waals surface area contributed by atoms with Crippen molar-refractivity contribution in [3.05, 3.63) is 23.8 Å². The molecular formula is C14H18N2O3. The predicted octanol–water partition coefficient (Wildman–Crippen LogP) is 2.19. The molecule has 19 heavy (non-hydrogen) atoms. The van der Waals surface area contributed by atoms with Gasteiger partial charge in [-0.2, -0.15) is 0 Å². The summed E-state index contributed by atoms with van der Waals surface area (Å²) in [5.41, 5.74) is 1.48. The lowest BCUT2D eigenvalue weighted by molar-refractivity contribution is -0.114. The van der Waals surface area contributed by atoms with Crippen LogP contribution in [0.2, 0.25) is 0 Å². The largest absolute Gasteiger partial charge is 0.478 e. The van der Waals surface area contributed by atoms with Gasteiger partial charge in [0.15, 0.2) is 0 Å². The first-order chi connectivity index (χ1) is 9.01. The van der Waals surface area contributed by atoms with Crippen LogP contribution in [0.25, 0.3) is 0 Å². The van der Waals surface area contributed by atoms with Crippen molar-refractivity contribution in [2.45, 2.75) is 20.3 Å². The molecule has 1 aliphatic rings. The number of hydrogen-bond acceptors (Lipinski definition) is 3. The molecule has 0 unspecified atom stereocenters. The van der Waals surface area contributed by atoms with Gasteiger partial charge in [-0.25, -0.2) is 4.79 Å². The molecule has 1 saturated heterocycles. The third kappa shape index (κ3) is 2.86. The zero-order valence-electron chi connectivity index (χ0n) is 11.1. The van der Waals surface area contributed by atoms with Crippen LogP contribution in [0.15, 0.2) is 18.2 Å². The molecule has 1 aromatic rings. The van der Waals surface area contributed by atoms with Gasteiger partial charge in [0.1, 0.15) is 0 Å². The number of nitrogens with one attached hydrogen (secondary N) is 1. The van der Waals surface area contributed by atoms with Gasteiger partial charge < -0.3 is 15.3 Å². The van der Waals surface area contributed by atoms with E-state index in [2.05, 4.69) is 17.1 Å². The Morgan fingerprint density at radius 3 is 2.63 bits per heavy atom. The molecule has 0 saturated carbocycles. The van der Waals surface area contributed by atoms with Crippen molar-refractivity contribution < 1.29 is 14.7 Å². The molecule has 2 rings (SSSR count). The topological polar surface area (TPSA) is 69.6 Å². The number of carbonyl (C=O) groups is 2. The van der Waals surface area contributed by atoms with Crippen molar-refractivity contribution in [1.82, 2.24) is 0 Å². The van der Waals surface area contributed by atoms with Crippen molar-refractivity contribution in [3.63, 3.8) is 0 Å². The quantitative estimate of drug-likeness (QED) is 0.872. The van der Waals surface area contributed by atoms with Crippen LogP contribution in [-0.4, -0.2) is 30.1 Å². The highest BCUT2D eigenvalue weighted by atomic mass is 16.4. The van der Waals surface area contributed by atoms with Crippen LogP contribution in [0.1, 0.15) is 30.6 Å². The number of hydrogen-bond donors (Lipinski definition) is 2. The highest BCUT2D eigenvalue weighted by Crippen LogP contribution is 2.31. The van der Waals surface area contributed by atoms with E-state index < -0.39 is 5.97 Å². The smallest absolute Gasteiger partial charge is 0.337 e. The second kappa shape index (κ2) is 5.30. The summed E-state index contributed by atoms with van der Waals surface area (Å²) < 4.78 is 0. The summed E-state index contributed by atoms with van der Waals surface area (Å²) >= 11 is 0. The SMILES string of the molecule is CCC1CN(c2ccc(NC(C)=O)cc2C(=O)O)C1. The maximum absolute atomic E-state index is 11.3. The minimum Gasteiger partial charge on any atom is -0.478 e. The normalized spacial score (nSPS) is 14.9. The fourth-order valence-corrected chi connectivity index (χ4v) is 2.29. The summed E-state index contributed by atoms with van der Waals surface area (Å²) in [7, 11) is 0. The van der Waals surface area contributed by atoms with Gasteiger partial charge in [0.2, 0.25) is 5.91 Å². The summed E-state index contributed by atoms with van der Waals surface area (Å²) in [5, 5.41) is 11.9. The van der Waals surface area contributed by atoms with E-state index in [9.17, 15) is 14.7 Å². The Kier molecular flexibility index (Phi) is 3.74. The maximum atomic E-state index is 11.3. The van der Waals surface area contributed by atoms with Crippen LogP contribution in [0.5, 0.6) is 0 Å². The number of carboxylic acids is 1. The number of amides is 1. The van der Waals surface area contributed by atoms with Gasteiger partial charge in [-0.1, -0.05) is 6.92 Å². The molecule has 1 heterocycles. The first-order valence-electron chi connectivity index (χ1n) is 6.41. The number of anilines is 2. The van der Waals surface area contributed by atoms with Crippen LogP contribution >= 0.6 is 0 Å². The molecule has 0 radical (unpaired) electrons. The van der Waals surface area contributed by atoms with Crippen molar-refractivity contribution in [2.75, 3.05) is 23.3 Å². The molecule has 102 valence electrons. The van der Waals surface area contributed by atoms with Gasteiger partial charge in [-0.15, -0.1) is 0 Å². The second-order valence-electron chi connectivity index (χ2n) is 4.90. The van der Waals surface area contributed by atoms with Crippen LogP contribution in [-0.2, 0) is 4.79 Å². The maximum Gasteiger partial charge on any atom is 0.337 e. The zero-order chi connectivity index (χ0) is 14.0. The molecule has 0 atom stereocenters. The van der Waals surface area contributed by atoms with Gasteiger partial charge in [0, 0.05) is 25.7 Å². The van der Waals surface area contributed by atoms with Gasteiger partial charge in [-0.3, -0.25) is 4.79 Å². The molecular weight excluding hydrogens is 244 g/mol. The lowest BCUT2D eigenvalue weighted by atomic mass is 9.95.